The fraction of sp³-hybridized carbons (Fsp3) is 0.111. The minimum atomic E-state index is -0.262. The van der Waals surface area contributed by atoms with Crippen LogP contribution >= 0.6 is 0 Å². The van der Waals surface area contributed by atoms with E-state index >= 15 is 0 Å². The Bertz CT molecular complexity index is 752. The van der Waals surface area contributed by atoms with Crippen molar-refractivity contribution in [2.24, 2.45) is 0 Å². The summed E-state index contributed by atoms with van der Waals surface area (Å²) in [6, 6.07) is 17.5. The fourth-order valence-corrected chi connectivity index (χ4v) is 2.25. The van der Waals surface area contributed by atoms with Gasteiger partial charge in [0, 0.05) is 7.05 Å². The van der Waals surface area contributed by atoms with Gasteiger partial charge in [-0.3, -0.25) is 15.5 Å². The molecular formula is C18H17N3O2. The fourth-order valence-electron chi connectivity index (χ4n) is 2.25. The average molecular weight is 307 g/mol. The van der Waals surface area contributed by atoms with Gasteiger partial charge in [0.2, 0.25) is 5.96 Å². The molecule has 2 aromatic rings. The van der Waals surface area contributed by atoms with Crippen LogP contribution in [0.3, 0.4) is 0 Å². The molecule has 0 aromatic heterocycles. The monoisotopic (exact) mass is 307 g/mol. The summed E-state index contributed by atoms with van der Waals surface area (Å²) in [4.78, 5) is 13.3. The summed E-state index contributed by atoms with van der Waals surface area (Å²) >= 11 is 0. The molecule has 1 heterocycles. The molecule has 1 amide bonds. The summed E-state index contributed by atoms with van der Waals surface area (Å²) in [5.74, 6) is 0.596. The van der Waals surface area contributed by atoms with Crippen molar-refractivity contribution in [3.8, 4) is 5.75 Å². The topological polar surface area (TPSA) is 65.4 Å². The summed E-state index contributed by atoms with van der Waals surface area (Å²) in [7, 11) is 1.68. The number of rotatable bonds is 4. The zero-order valence-corrected chi connectivity index (χ0v) is 12.7. The second-order valence-corrected chi connectivity index (χ2v) is 5.23. The van der Waals surface area contributed by atoms with Crippen molar-refractivity contribution >= 4 is 17.9 Å². The number of carbonyl (C=O) groups is 1. The number of carbonyl (C=O) groups excluding carboxylic acids is 1. The SMILES string of the molecule is CN1C(=N)NC(=O)/C1=C/c1ccc(OCc2ccccc2)cc1. The van der Waals surface area contributed by atoms with Crippen LogP contribution in [0.5, 0.6) is 5.75 Å². The van der Waals surface area contributed by atoms with E-state index in [0.29, 0.717) is 12.3 Å². The van der Waals surface area contributed by atoms with Crippen LogP contribution in [-0.4, -0.2) is 23.8 Å². The summed E-state index contributed by atoms with van der Waals surface area (Å²) in [5.41, 5.74) is 2.44. The highest BCUT2D eigenvalue weighted by atomic mass is 16.5. The Kier molecular flexibility index (Phi) is 4.10. The molecule has 0 spiro atoms. The molecule has 1 saturated heterocycles. The Morgan fingerprint density at radius 3 is 2.43 bits per heavy atom. The lowest BCUT2D eigenvalue weighted by Gasteiger charge is -2.09. The molecule has 5 nitrogen and oxygen atoms in total. The van der Waals surface area contributed by atoms with E-state index in [1.807, 2.05) is 54.6 Å². The third-order valence-corrected chi connectivity index (χ3v) is 3.59. The zero-order chi connectivity index (χ0) is 16.2. The maximum absolute atomic E-state index is 11.7. The highest BCUT2D eigenvalue weighted by molar-refractivity contribution is 6.14. The summed E-state index contributed by atoms with van der Waals surface area (Å²) < 4.78 is 5.73. The molecule has 116 valence electrons. The van der Waals surface area contributed by atoms with Crippen LogP contribution in [0.2, 0.25) is 0 Å². The van der Waals surface area contributed by atoms with Gasteiger partial charge < -0.3 is 9.64 Å². The van der Waals surface area contributed by atoms with Gasteiger partial charge in [0.1, 0.15) is 18.1 Å². The zero-order valence-electron chi connectivity index (χ0n) is 12.7. The van der Waals surface area contributed by atoms with E-state index in [1.165, 1.54) is 4.90 Å². The molecule has 1 aliphatic heterocycles. The molecule has 2 aromatic carbocycles. The van der Waals surface area contributed by atoms with Gasteiger partial charge in [0.15, 0.2) is 0 Å². The van der Waals surface area contributed by atoms with Crippen molar-refractivity contribution < 1.29 is 9.53 Å². The lowest BCUT2D eigenvalue weighted by atomic mass is 10.2. The van der Waals surface area contributed by atoms with Crippen molar-refractivity contribution in [1.29, 1.82) is 5.41 Å². The van der Waals surface area contributed by atoms with Crippen LogP contribution in [0, 0.1) is 5.41 Å². The van der Waals surface area contributed by atoms with Crippen LogP contribution in [0.25, 0.3) is 6.08 Å². The van der Waals surface area contributed by atoms with E-state index in [0.717, 1.165) is 16.9 Å². The molecule has 0 unspecified atom stereocenters. The minimum absolute atomic E-state index is 0.0871. The smallest absolute Gasteiger partial charge is 0.274 e. The standard InChI is InChI=1S/C18H17N3O2/c1-21-16(17(22)20-18(21)19)11-13-7-9-15(10-8-13)23-12-14-5-3-2-4-6-14/h2-11H,12H2,1H3,(H2,19,20,22)/b16-11-. The van der Waals surface area contributed by atoms with Crippen molar-refractivity contribution in [1.82, 2.24) is 10.2 Å². The predicted molar refractivity (Wildman–Crippen MR) is 88.8 cm³/mol. The summed E-state index contributed by atoms with van der Waals surface area (Å²) in [6.07, 6.45) is 1.75. The molecule has 1 aliphatic rings. The van der Waals surface area contributed by atoms with Gasteiger partial charge in [-0.2, -0.15) is 0 Å². The highest BCUT2D eigenvalue weighted by Crippen LogP contribution is 2.18. The van der Waals surface area contributed by atoms with Crippen LogP contribution in [0.4, 0.5) is 0 Å². The molecule has 5 heteroatoms. The van der Waals surface area contributed by atoms with Gasteiger partial charge in [-0.05, 0) is 29.3 Å². The minimum Gasteiger partial charge on any atom is -0.489 e. The van der Waals surface area contributed by atoms with E-state index in [1.54, 1.807) is 13.1 Å². The molecule has 2 N–H and O–H groups in total. The largest absolute Gasteiger partial charge is 0.489 e. The van der Waals surface area contributed by atoms with Gasteiger partial charge >= 0.3 is 0 Å². The Labute approximate surface area is 134 Å². The average Bonchev–Trinajstić information content (AvgIpc) is 2.81. The number of likely N-dealkylation sites (N-methyl/N-ethyl adjacent to an activating group) is 1. The van der Waals surface area contributed by atoms with E-state index in [-0.39, 0.29) is 11.9 Å². The number of ether oxygens (including phenoxy) is 1. The normalized spacial score (nSPS) is 15.9. The van der Waals surface area contributed by atoms with E-state index < -0.39 is 0 Å². The molecule has 23 heavy (non-hydrogen) atoms. The van der Waals surface area contributed by atoms with Gasteiger partial charge in [-0.15, -0.1) is 0 Å². The predicted octanol–water partition coefficient (Wildman–Crippen LogP) is 2.60. The molecular weight excluding hydrogens is 290 g/mol. The van der Waals surface area contributed by atoms with Gasteiger partial charge in [-0.25, -0.2) is 0 Å². The molecule has 0 atom stereocenters. The first-order chi connectivity index (χ1) is 11.1. The molecule has 0 saturated carbocycles. The van der Waals surface area contributed by atoms with E-state index in [2.05, 4.69) is 5.32 Å². The maximum atomic E-state index is 11.7. The number of benzene rings is 2. The van der Waals surface area contributed by atoms with Crippen LogP contribution in [0.1, 0.15) is 11.1 Å². The maximum Gasteiger partial charge on any atom is 0.274 e. The number of nitrogens with zero attached hydrogens (tertiary/aromatic N) is 1. The molecule has 1 fully saturated rings. The summed E-state index contributed by atoms with van der Waals surface area (Å²) in [5, 5.41) is 10.0. The lowest BCUT2D eigenvalue weighted by Crippen LogP contribution is -2.25. The Balaban J connectivity index is 1.68. The van der Waals surface area contributed by atoms with Crippen molar-refractivity contribution in [2.45, 2.75) is 6.61 Å². The highest BCUT2D eigenvalue weighted by Gasteiger charge is 2.26. The number of amides is 1. The third kappa shape index (κ3) is 3.40. The van der Waals surface area contributed by atoms with Crippen molar-refractivity contribution in [2.75, 3.05) is 7.05 Å². The molecule has 0 aliphatic carbocycles. The first-order valence-corrected chi connectivity index (χ1v) is 7.25. The van der Waals surface area contributed by atoms with E-state index in [4.69, 9.17) is 10.1 Å². The van der Waals surface area contributed by atoms with E-state index in [9.17, 15) is 4.79 Å². The number of hydrogen-bond acceptors (Lipinski definition) is 3. The second kappa shape index (κ2) is 6.36. The first-order valence-electron chi connectivity index (χ1n) is 7.25. The van der Waals surface area contributed by atoms with Crippen LogP contribution in [-0.2, 0) is 11.4 Å². The number of hydrogen-bond donors (Lipinski definition) is 2. The summed E-state index contributed by atoms with van der Waals surface area (Å²) in [6.45, 7) is 0.517. The van der Waals surface area contributed by atoms with Crippen molar-refractivity contribution in [3.05, 3.63) is 71.4 Å². The third-order valence-electron chi connectivity index (χ3n) is 3.59. The second-order valence-electron chi connectivity index (χ2n) is 5.23. The number of nitrogens with one attached hydrogen (secondary N) is 2. The number of guanidine groups is 1. The molecule has 0 radical (unpaired) electrons. The van der Waals surface area contributed by atoms with Gasteiger partial charge in [0.25, 0.3) is 5.91 Å². The van der Waals surface area contributed by atoms with Crippen molar-refractivity contribution in [3.63, 3.8) is 0 Å². The van der Waals surface area contributed by atoms with Gasteiger partial charge in [-0.1, -0.05) is 42.5 Å². The first kappa shape index (κ1) is 14.8. The Morgan fingerprint density at radius 2 is 1.83 bits per heavy atom. The Hall–Kier alpha value is -3.08. The molecule has 0 bridgehead atoms. The van der Waals surface area contributed by atoms with Crippen LogP contribution < -0.4 is 10.1 Å². The van der Waals surface area contributed by atoms with Gasteiger partial charge in [0.05, 0.1) is 0 Å². The van der Waals surface area contributed by atoms with Crippen LogP contribution in [0.15, 0.2) is 60.3 Å². The Morgan fingerprint density at radius 1 is 1.13 bits per heavy atom. The molecule has 3 rings (SSSR count). The quantitative estimate of drug-likeness (QED) is 0.853. The lowest BCUT2D eigenvalue weighted by molar-refractivity contribution is -0.115.